The maximum atomic E-state index is 11.4. The van der Waals surface area contributed by atoms with Crippen LogP contribution in [0.4, 0.5) is 5.82 Å². The van der Waals surface area contributed by atoms with E-state index in [0.717, 1.165) is 18.8 Å². The molecule has 0 aromatic carbocycles. The summed E-state index contributed by atoms with van der Waals surface area (Å²) < 4.78 is 0. The van der Waals surface area contributed by atoms with E-state index in [4.69, 9.17) is 0 Å². The van der Waals surface area contributed by atoms with E-state index in [1.54, 1.807) is 19.2 Å². The second kappa shape index (κ2) is 8.67. The van der Waals surface area contributed by atoms with Crippen LogP contribution in [-0.4, -0.2) is 17.3 Å². The summed E-state index contributed by atoms with van der Waals surface area (Å²) in [6, 6.07) is 3.62. The summed E-state index contributed by atoms with van der Waals surface area (Å²) in [4.78, 5) is 15.6. The highest BCUT2D eigenvalue weighted by Gasteiger charge is 2.06. The molecule has 0 amide bonds. The summed E-state index contributed by atoms with van der Waals surface area (Å²) in [5.41, 5.74) is 0.684. The van der Waals surface area contributed by atoms with Crippen LogP contribution in [0.1, 0.15) is 62.7 Å². The Morgan fingerprint density at radius 2 is 1.94 bits per heavy atom. The van der Waals surface area contributed by atoms with Gasteiger partial charge in [0.15, 0.2) is 5.78 Å². The van der Waals surface area contributed by atoms with E-state index in [0.29, 0.717) is 5.56 Å². The summed E-state index contributed by atoms with van der Waals surface area (Å²) in [5.74, 6) is 0.784. The minimum absolute atomic E-state index is 0.0635. The summed E-state index contributed by atoms with van der Waals surface area (Å²) in [6.45, 7) is 4.70. The van der Waals surface area contributed by atoms with E-state index in [1.807, 2.05) is 6.07 Å². The van der Waals surface area contributed by atoms with Gasteiger partial charge in [0, 0.05) is 12.7 Å². The third kappa shape index (κ3) is 5.30. The fraction of sp³-hybridized carbons (Fsp3) is 0.600. The van der Waals surface area contributed by atoms with E-state index in [1.165, 1.54) is 32.1 Å². The van der Waals surface area contributed by atoms with Crippen molar-refractivity contribution in [1.82, 2.24) is 4.98 Å². The van der Waals surface area contributed by atoms with Crippen LogP contribution in [0.5, 0.6) is 0 Å². The minimum Gasteiger partial charge on any atom is -0.369 e. The first-order valence-corrected chi connectivity index (χ1v) is 6.95. The number of anilines is 1. The highest BCUT2D eigenvalue weighted by atomic mass is 16.1. The molecule has 0 fully saturated rings. The molecule has 100 valence electrons. The number of nitrogens with zero attached hydrogens (tertiary/aromatic N) is 1. The Balaban J connectivity index is 2.25. The molecule has 3 heteroatoms. The van der Waals surface area contributed by atoms with E-state index in [2.05, 4.69) is 17.2 Å². The Kier molecular flexibility index (Phi) is 7.07. The maximum Gasteiger partial charge on any atom is 0.163 e. The van der Waals surface area contributed by atoms with Gasteiger partial charge in [-0.1, -0.05) is 39.0 Å². The van der Waals surface area contributed by atoms with Crippen LogP contribution >= 0.6 is 0 Å². The van der Waals surface area contributed by atoms with Gasteiger partial charge in [-0.25, -0.2) is 4.98 Å². The van der Waals surface area contributed by atoms with Crippen molar-refractivity contribution < 1.29 is 4.79 Å². The number of rotatable bonds is 9. The third-order valence-electron chi connectivity index (χ3n) is 3.01. The van der Waals surface area contributed by atoms with Crippen molar-refractivity contribution in [3.05, 3.63) is 23.9 Å². The maximum absolute atomic E-state index is 11.4. The highest BCUT2D eigenvalue weighted by Crippen LogP contribution is 2.12. The summed E-state index contributed by atoms with van der Waals surface area (Å²) in [5, 5.41) is 3.25. The molecule has 0 spiro atoms. The molecular weight excluding hydrogens is 224 g/mol. The number of ketones is 1. The quantitative estimate of drug-likeness (QED) is 0.529. The molecule has 0 aliphatic rings. The van der Waals surface area contributed by atoms with Gasteiger partial charge in [0.05, 0.1) is 5.56 Å². The molecule has 0 saturated carbocycles. The minimum atomic E-state index is 0.0635. The van der Waals surface area contributed by atoms with E-state index in [9.17, 15) is 4.79 Å². The summed E-state index contributed by atoms with van der Waals surface area (Å²) >= 11 is 0. The number of pyridine rings is 1. The van der Waals surface area contributed by atoms with Gasteiger partial charge in [-0.05, 0) is 25.5 Å². The van der Waals surface area contributed by atoms with Crippen molar-refractivity contribution in [3.8, 4) is 0 Å². The molecule has 1 heterocycles. The van der Waals surface area contributed by atoms with Gasteiger partial charge in [0.1, 0.15) is 5.82 Å². The first-order valence-electron chi connectivity index (χ1n) is 6.95. The van der Waals surface area contributed by atoms with Gasteiger partial charge >= 0.3 is 0 Å². The smallest absolute Gasteiger partial charge is 0.163 e. The molecular formula is C15H24N2O. The number of carbonyl (C=O) groups is 1. The number of nitrogens with one attached hydrogen (secondary N) is 1. The molecule has 1 aromatic heterocycles. The van der Waals surface area contributed by atoms with E-state index >= 15 is 0 Å². The van der Waals surface area contributed by atoms with Crippen LogP contribution in [0.25, 0.3) is 0 Å². The average Bonchev–Trinajstić information content (AvgIpc) is 2.38. The highest BCUT2D eigenvalue weighted by molar-refractivity contribution is 5.98. The Morgan fingerprint density at radius 1 is 1.22 bits per heavy atom. The van der Waals surface area contributed by atoms with Gasteiger partial charge in [0.25, 0.3) is 0 Å². The molecule has 0 saturated heterocycles. The third-order valence-corrected chi connectivity index (χ3v) is 3.01. The standard InChI is InChI=1S/C15H24N2O/c1-3-4-5-6-7-8-11-16-15-14(13(2)18)10-9-12-17-15/h9-10,12H,3-8,11H2,1-2H3,(H,16,17). The Hall–Kier alpha value is -1.38. The lowest BCUT2D eigenvalue weighted by atomic mass is 10.1. The van der Waals surface area contributed by atoms with Gasteiger partial charge in [-0.15, -0.1) is 0 Å². The SMILES string of the molecule is CCCCCCCCNc1ncccc1C(C)=O. The molecule has 0 atom stereocenters. The number of hydrogen-bond donors (Lipinski definition) is 1. The van der Waals surface area contributed by atoms with Gasteiger partial charge in [-0.3, -0.25) is 4.79 Å². The summed E-state index contributed by atoms with van der Waals surface area (Å²) in [7, 11) is 0. The topological polar surface area (TPSA) is 42.0 Å². The van der Waals surface area contributed by atoms with Crippen molar-refractivity contribution >= 4 is 11.6 Å². The second-order valence-electron chi connectivity index (χ2n) is 4.65. The predicted molar refractivity (Wildman–Crippen MR) is 76.1 cm³/mol. The lowest BCUT2D eigenvalue weighted by molar-refractivity contribution is 0.101. The monoisotopic (exact) mass is 248 g/mol. The van der Waals surface area contributed by atoms with Crippen LogP contribution in [0.3, 0.4) is 0 Å². The van der Waals surface area contributed by atoms with Crippen LogP contribution in [0, 0.1) is 0 Å². The molecule has 0 aliphatic carbocycles. The number of aromatic nitrogens is 1. The van der Waals surface area contributed by atoms with Crippen molar-refractivity contribution in [2.24, 2.45) is 0 Å². The zero-order valence-corrected chi connectivity index (χ0v) is 11.5. The zero-order chi connectivity index (χ0) is 13.2. The second-order valence-corrected chi connectivity index (χ2v) is 4.65. The Labute approximate surface area is 110 Å². The molecule has 3 nitrogen and oxygen atoms in total. The number of hydrogen-bond acceptors (Lipinski definition) is 3. The zero-order valence-electron chi connectivity index (χ0n) is 11.5. The lowest BCUT2D eigenvalue weighted by Crippen LogP contribution is -2.08. The Bertz CT molecular complexity index is 363. The van der Waals surface area contributed by atoms with Gasteiger partial charge in [0.2, 0.25) is 0 Å². The van der Waals surface area contributed by atoms with Crippen LogP contribution in [-0.2, 0) is 0 Å². The average molecular weight is 248 g/mol. The molecule has 0 radical (unpaired) electrons. The van der Waals surface area contributed by atoms with Crippen molar-refractivity contribution in [2.45, 2.75) is 52.4 Å². The molecule has 1 rings (SSSR count). The molecule has 1 aromatic rings. The van der Waals surface area contributed by atoms with Crippen LogP contribution < -0.4 is 5.32 Å². The predicted octanol–water partition coefficient (Wildman–Crippen LogP) is 4.06. The fourth-order valence-electron chi connectivity index (χ4n) is 1.94. The fourth-order valence-corrected chi connectivity index (χ4v) is 1.94. The normalized spacial score (nSPS) is 10.3. The largest absolute Gasteiger partial charge is 0.369 e. The lowest BCUT2D eigenvalue weighted by Gasteiger charge is -2.08. The van der Waals surface area contributed by atoms with Crippen LogP contribution in [0.2, 0.25) is 0 Å². The van der Waals surface area contributed by atoms with Crippen molar-refractivity contribution in [1.29, 1.82) is 0 Å². The number of Topliss-reactive ketones (excluding diaryl/α,β-unsaturated/α-hetero) is 1. The molecule has 0 unspecified atom stereocenters. The van der Waals surface area contributed by atoms with Gasteiger partial charge in [-0.2, -0.15) is 0 Å². The Morgan fingerprint density at radius 3 is 2.67 bits per heavy atom. The number of unbranched alkanes of at least 4 members (excludes halogenated alkanes) is 5. The molecule has 0 bridgehead atoms. The van der Waals surface area contributed by atoms with Gasteiger partial charge < -0.3 is 5.32 Å². The molecule has 1 N–H and O–H groups in total. The van der Waals surface area contributed by atoms with Crippen molar-refractivity contribution in [2.75, 3.05) is 11.9 Å². The molecule has 18 heavy (non-hydrogen) atoms. The summed E-state index contributed by atoms with van der Waals surface area (Å²) in [6.07, 6.45) is 9.36. The van der Waals surface area contributed by atoms with Crippen molar-refractivity contribution in [3.63, 3.8) is 0 Å². The van der Waals surface area contributed by atoms with E-state index in [-0.39, 0.29) is 5.78 Å². The first-order chi connectivity index (χ1) is 8.75. The first kappa shape index (κ1) is 14.7. The molecule has 0 aliphatic heterocycles. The van der Waals surface area contributed by atoms with E-state index < -0.39 is 0 Å². The van der Waals surface area contributed by atoms with Crippen LogP contribution in [0.15, 0.2) is 18.3 Å². The number of carbonyl (C=O) groups excluding carboxylic acids is 1.